The number of carbonyl (C=O) groups is 2. The number of esters is 1. The molecular formula is C20H28N2O5S. The molecule has 2 saturated heterocycles. The standard InChI is InChI=1S/C20H28N2O5S/c23-19(21-12-2-1-3-13-21)16-27-20(24)11-8-17-6-9-18(10-7-17)28(25,26)22-14-4-5-15-22/h6-7,9-10H,1-5,8,11-16H2. The summed E-state index contributed by atoms with van der Waals surface area (Å²) in [5.41, 5.74) is 0.861. The zero-order valence-corrected chi connectivity index (χ0v) is 17.0. The number of sulfonamides is 1. The van der Waals surface area contributed by atoms with Crippen LogP contribution in [0.3, 0.4) is 0 Å². The second-order valence-electron chi connectivity index (χ2n) is 7.36. The number of amides is 1. The Morgan fingerprint density at radius 3 is 2.14 bits per heavy atom. The number of piperidine rings is 1. The minimum absolute atomic E-state index is 0.135. The van der Waals surface area contributed by atoms with Gasteiger partial charge in [0.1, 0.15) is 0 Å². The molecule has 7 nitrogen and oxygen atoms in total. The van der Waals surface area contributed by atoms with Crippen molar-refractivity contribution in [3.05, 3.63) is 29.8 Å². The van der Waals surface area contributed by atoms with Crippen molar-refractivity contribution in [3.8, 4) is 0 Å². The lowest BCUT2D eigenvalue weighted by Crippen LogP contribution is -2.38. The third-order valence-corrected chi connectivity index (χ3v) is 7.22. The van der Waals surface area contributed by atoms with Crippen LogP contribution < -0.4 is 0 Å². The Morgan fingerprint density at radius 1 is 0.893 bits per heavy atom. The van der Waals surface area contributed by atoms with Crippen LogP contribution in [0.5, 0.6) is 0 Å². The SMILES string of the molecule is O=C(CCc1ccc(S(=O)(=O)N2CCCC2)cc1)OCC(=O)N1CCCCC1. The molecule has 0 aliphatic carbocycles. The number of hydrogen-bond acceptors (Lipinski definition) is 5. The first-order valence-corrected chi connectivity index (χ1v) is 11.4. The molecule has 1 aromatic carbocycles. The maximum absolute atomic E-state index is 12.5. The van der Waals surface area contributed by atoms with E-state index in [1.54, 1.807) is 29.2 Å². The van der Waals surface area contributed by atoms with Crippen LogP contribution in [0.4, 0.5) is 0 Å². The molecule has 0 aromatic heterocycles. The molecule has 154 valence electrons. The smallest absolute Gasteiger partial charge is 0.306 e. The van der Waals surface area contributed by atoms with E-state index < -0.39 is 16.0 Å². The quantitative estimate of drug-likeness (QED) is 0.644. The molecule has 8 heteroatoms. The van der Waals surface area contributed by atoms with E-state index in [9.17, 15) is 18.0 Å². The molecule has 0 N–H and O–H groups in total. The summed E-state index contributed by atoms with van der Waals surface area (Å²) in [5.74, 6) is -0.552. The van der Waals surface area contributed by atoms with Crippen molar-refractivity contribution in [2.45, 2.75) is 49.8 Å². The molecule has 0 saturated carbocycles. The number of ether oxygens (including phenoxy) is 1. The van der Waals surface area contributed by atoms with E-state index in [4.69, 9.17) is 4.74 Å². The van der Waals surface area contributed by atoms with Gasteiger partial charge in [0.2, 0.25) is 10.0 Å². The highest BCUT2D eigenvalue weighted by Gasteiger charge is 2.26. The Bertz CT molecular complexity index is 779. The fraction of sp³-hybridized carbons (Fsp3) is 0.600. The van der Waals surface area contributed by atoms with E-state index in [1.807, 2.05) is 0 Å². The minimum Gasteiger partial charge on any atom is -0.456 e. The highest BCUT2D eigenvalue weighted by atomic mass is 32.2. The largest absolute Gasteiger partial charge is 0.456 e. The Morgan fingerprint density at radius 2 is 1.50 bits per heavy atom. The van der Waals surface area contributed by atoms with Crippen LogP contribution in [-0.2, 0) is 30.8 Å². The van der Waals surface area contributed by atoms with E-state index in [-0.39, 0.29) is 23.8 Å². The number of rotatable bonds is 7. The second-order valence-corrected chi connectivity index (χ2v) is 9.30. The summed E-state index contributed by atoms with van der Waals surface area (Å²) in [7, 11) is -3.42. The fourth-order valence-corrected chi connectivity index (χ4v) is 5.12. The predicted octanol–water partition coefficient (Wildman–Crippen LogP) is 1.96. The predicted molar refractivity (Wildman–Crippen MR) is 104 cm³/mol. The summed E-state index contributed by atoms with van der Waals surface area (Å²) in [6.07, 6.45) is 5.56. The zero-order valence-electron chi connectivity index (χ0n) is 16.1. The van der Waals surface area contributed by atoms with Crippen LogP contribution in [0.1, 0.15) is 44.1 Å². The average molecular weight is 409 g/mol. The Hall–Kier alpha value is -1.93. The third kappa shape index (κ3) is 5.32. The number of hydrogen-bond donors (Lipinski definition) is 0. The molecule has 0 unspecified atom stereocenters. The first kappa shape index (κ1) is 20.8. The number of benzene rings is 1. The second kappa shape index (κ2) is 9.52. The molecule has 3 rings (SSSR count). The van der Waals surface area contributed by atoms with Crippen LogP contribution in [0.25, 0.3) is 0 Å². The van der Waals surface area contributed by atoms with E-state index in [0.29, 0.717) is 19.5 Å². The summed E-state index contributed by atoms with van der Waals surface area (Å²) in [4.78, 5) is 25.9. The van der Waals surface area contributed by atoms with Gasteiger partial charge in [0.25, 0.3) is 5.91 Å². The van der Waals surface area contributed by atoms with Gasteiger partial charge in [0.15, 0.2) is 6.61 Å². The number of aryl methyl sites for hydroxylation is 1. The molecule has 0 spiro atoms. The van der Waals surface area contributed by atoms with Crippen molar-refractivity contribution in [1.82, 2.24) is 9.21 Å². The van der Waals surface area contributed by atoms with Crippen molar-refractivity contribution < 1.29 is 22.7 Å². The molecule has 28 heavy (non-hydrogen) atoms. The van der Waals surface area contributed by atoms with Crippen LogP contribution in [-0.4, -0.2) is 62.3 Å². The molecule has 1 amide bonds. The van der Waals surface area contributed by atoms with E-state index >= 15 is 0 Å². The van der Waals surface area contributed by atoms with E-state index in [0.717, 1.165) is 50.8 Å². The van der Waals surface area contributed by atoms with Crippen molar-refractivity contribution >= 4 is 21.9 Å². The molecule has 2 heterocycles. The van der Waals surface area contributed by atoms with Crippen molar-refractivity contribution in [2.24, 2.45) is 0 Å². The van der Waals surface area contributed by atoms with Gasteiger partial charge < -0.3 is 9.64 Å². The van der Waals surface area contributed by atoms with Gasteiger partial charge in [-0.3, -0.25) is 9.59 Å². The van der Waals surface area contributed by atoms with Gasteiger partial charge in [-0.05, 0) is 56.2 Å². The summed E-state index contributed by atoms with van der Waals surface area (Å²) >= 11 is 0. The monoisotopic (exact) mass is 408 g/mol. The summed E-state index contributed by atoms with van der Waals surface area (Å²) in [6.45, 7) is 2.43. The third-order valence-electron chi connectivity index (χ3n) is 5.31. The minimum atomic E-state index is -3.42. The maximum Gasteiger partial charge on any atom is 0.306 e. The van der Waals surface area contributed by atoms with Gasteiger partial charge in [-0.25, -0.2) is 8.42 Å². The van der Waals surface area contributed by atoms with E-state index in [2.05, 4.69) is 0 Å². The van der Waals surface area contributed by atoms with Gasteiger partial charge in [0.05, 0.1) is 4.90 Å². The van der Waals surface area contributed by atoms with Crippen molar-refractivity contribution in [3.63, 3.8) is 0 Å². The lowest BCUT2D eigenvalue weighted by molar-refractivity contribution is -0.152. The Kier molecular flexibility index (Phi) is 7.07. The maximum atomic E-state index is 12.5. The molecule has 2 fully saturated rings. The normalized spacial score (nSPS) is 18.2. The molecule has 0 bridgehead atoms. The molecular weight excluding hydrogens is 380 g/mol. The van der Waals surface area contributed by atoms with Gasteiger partial charge in [0, 0.05) is 32.6 Å². The van der Waals surface area contributed by atoms with Crippen LogP contribution in [0.2, 0.25) is 0 Å². The van der Waals surface area contributed by atoms with Crippen LogP contribution in [0.15, 0.2) is 29.2 Å². The molecule has 2 aliphatic heterocycles. The number of nitrogens with zero attached hydrogens (tertiary/aromatic N) is 2. The average Bonchev–Trinajstić information content (AvgIpc) is 3.27. The first-order chi connectivity index (χ1) is 13.5. The Balaban J connectivity index is 1.44. The van der Waals surface area contributed by atoms with Crippen LogP contribution in [0, 0.1) is 0 Å². The summed E-state index contributed by atoms with van der Waals surface area (Å²) in [6, 6.07) is 6.65. The number of likely N-dealkylation sites (tertiary alicyclic amines) is 1. The van der Waals surface area contributed by atoms with Crippen molar-refractivity contribution in [2.75, 3.05) is 32.8 Å². The molecule has 1 aromatic rings. The summed E-state index contributed by atoms with van der Waals surface area (Å²) < 4.78 is 31.6. The van der Waals surface area contributed by atoms with Gasteiger partial charge >= 0.3 is 5.97 Å². The molecule has 2 aliphatic rings. The Labute approximate surface area is 166 Å². The van der Waals surface area contributed by atoms with Crippen LogP contribution >= 0.6 is 0 Å². The lowest BCUT2D eigenvalue weighted by atomic mass is 10.1. The molecule has 0 atom stereocenters. The lowest BCUT2D eigenvalue weighted by Gasteiger charge is -2.26. The van der Waals surface area contributed by atoms with Gasteiger partial charge in [-0.2, -0.15) is 4.31 Å². The number of carbonyl (C=O) groups excluding carboxylic acids is 2. The molecule has 0 radical (unpaired) electrons. The first-order valence-electron chi connectivity index (χ1n) is 9.99. The van der Waals surface area contributed by atoms with Gasteiger partial charge in [-0.15, -0.1) is 0 Å². The topological polar surface area (TPSA) is 84.0 Å². The van der Waals surface area contributed by atoms with Gasteiger partial charge in [-0.1, -0.05) is 12.1 Å². The summed E-state index contributed by atoms with van der Waals surface area (Å²) in [5, 5.41) is 0. The highest BCUT2D eigenvalue weighted by Crippen LogP contribution is 2.21. The van der Waals surface area contributed by atoms with Crippen molar-refractivity contribution in [1.29, 1.82) is 0 Å². The van der Waals surface area contributed by atoms with E-state index in [1.165, 1.54) is 4.31 Å². The fourth-order valence-electron chi connectivity index (χ4n) is 3.60. The zero-order chi connectivity index (χ0) is 20.0. The highest BCUT2D eigenvalue weighted by molar-refractivity contribution is 7.89.